The van der Waals surface area contributed by atoms with Gasteiger partial charge in [-0.3, -0.25) is 14.6 Å². The highest BCUT2D eigenvalue weighted by molar-refractivity contribution is 6.16. The lowest BCUT2D eigenvalue weighted by Crippen LogP contribution is -2.42. The third kappa shape index (κ3) is 3.89. The number of carbonyl (C=O) groups excluding carboxylic acids is 2. The van der Waals surface area contributed by atoms with E-state index < -0.39 is 0 Å². The maximum absolute atomic E-state index is 13.4. The molecule has 2 aliphatic rings. The molecule has 1 unspecified atom stereocenters. The van der Waals surface area contributed by atoms with Crippen LogP contribution in [0.15, 0.2) is 41.4 Å². The molecule has 0 saturated heterocycles. The fourth-order valence-corrected chi connectivity index (χ4v) is 4.24. The van der Waals surface area contributed by atoms with Crippen LogP contribution in [0, 0.1) is 19.8 Å². The minimum atomic E-state index is -0.212. The van der Waals surface area contributed by atoms with E-state index in [2.05, 4.69) is 19.2 Å². The number of hydrogen-bond donors (Lipinski definition) is 1. The molecule has 1 atom stereocenters. The molecule has 2 aromatic rings. The lowest BCUT2D eigenvalue weighted by Gasteiger charge is -2.25. The normalized spacial score (nSPS) is 18.0. The number of amides is 2. The fraction of sp³-hybridized carbons (Fsp3) is 0.400. The lowest BCUT2D eigenvalue weighted by molar-refractivity contribution is -0.122. The van der Waals surface area contributed by atoms with Gasteiger partial charge >= 0.3 is 0 Å². The second kappa shape index (κ2) is 8.05. The van der Waals surface area contributed by atoms with Gasteiger partial charge in [0, 0.05) is 11.4 Å². The molecule has 1 aliphatic carbocycles. The zero-order valence-electron chi connectivity index (χ0n) is 18.2. The molecule has 1 saturated carbocycles. The average molecular weight is 404 g/mol. The van der Waals surface area contributed by atoms with Crippen molar-refractivity contribution in [3.63, 3.8) is 0 Å². The first-order chi connectivity index (χ1) is 14.3. The van der Waals surface area contributed by atoms with Crippen molar-refractivity contribution in [2.24, 2.45) is 10.9 Å². The molecule has 2 aromatic carbocycles. The Morgan fingerprint density at radius 3 is 2.57 bits per heavy atom. The van der Waals surface area contributed by atoms with Gasteiger partial charge in [-0.05, 0) is 80.0 Å². The number of aliphatic imine (C=N–C) groups is 1. The van der Waals surface area contributed by atoms with Crippen LogP contribution in [0.2, 0.25) is 0 Å². The first-order valence-electron chi connectivity index (χ1n) is 10.7. The fourth-order valence-electron chi connectivity index (χ4n) is 4.24. The number of aryl methyl sites for hydroxylation is 2. The van der Waals surface area contributed by atoms with Crippen LogP contribution < -0.4 is 10.2 Å². The molecule has 0 spiro atoms. The highest BCUT2D eigenvalue weighted by Crippen LogP contribution is 2.39. The minimum Gasteiger partial charge on any atom is -0.325 e. The van der Waals surface area contributed by atoms with Gasteiger partial charge in [0.05, 0.1) is 17.3 Å². The molecular formula is C25H29N3O2. The van der Waals surface area contributed by atoms with Crippen LogP contribution in [0.1, 0.15) is 55.7 Å². The summed E-state index contributed by atoms with van der Waals surface area (Å²) >= 11 is 0. The van der Waals surface area contributed by atoms with Crippen molar-refractivity contribution in [2.75, 3.05) is 16.8 Å². The van der Waals surface area contributed by atoms with Crippen molar-refractivity contribution < 1.29 is 9.59 Å². The molecule has 1 heterocycles. The Morgan fingerprint density at radius 2 is 1.87 bits per heavy atom. The van der Waals surface area contributed by atoms with Gasteiger partial charge in [0.2, 0.25) is 11.8 Å². The first-order valence-corrected chi connectivity index (χ1v) is 10.7. The predicted octanol–water partition coefficient (Wildman–Crippen LogP) is 5.28. The first kappa shape index (κ1) is 20.3. The molecule has 0 bridgehead atoms. The van der Waals surface area contributed by atoms with Gasteiger partial charge in [0.1, 0.15) is 6.54 Å². The monoisotopic (exact) mass is 403 g/mol. The molecule has 5 nitrogen and oxygen atoms in total. The second-order valence-electron chi connectivity index (χ2n) is 8.72. The quantitative estimate of drug-likeness (QED) is 0.754. The van der Waals surface area contributed by atoms with Gasteiger partial charge in [0.25, 0.3) is 0 Å². The van der Waals surface area contributed by atoms with Crippen molar-refractivity contribution in [3.8, 4) is 0 Å². The van der Waals surface area contributed by atoms with Gasteiger partial charge in [-0.15, -0.1) is 0 Å². The van der Waals surface area contributed by atoms with E-state index in [1.165, 1.54) is 5.56 Å². The van der Waals surface area contributed by atoms with Crippen LogP contribution in [0.25, 0.3) is 0 Å². The number of anilines is 2. The number of nitrogens with zero attached hydrogens (tertiary/aromatic N) is 2. The van der Waals surface area contributed by atoms with Crippen molar-refractivity contribution in [2.45, 2.75) is 52.9 Å². The maximum Gasteiger partial charge on any atom is 0.244 e. The standard InChI is InChI=1S/C25H29N3O2/c1-15(2)18-8-10-19(11-9-18)26-24(29)14-28-23-13-17(4)16(3)12-22(23)27-21-7-5-6-20(21)25(28)30/h8-13,15,20H,5-7,14H2,1-4H3,(H,26,29). The van der Waals surface area contributed by atoms with Crippen molar-refractivity contribution in [3.05, 3.63) is 53.1 Å². The Hall–Kier alpha value is -2.95. The average Bonchev–Trinajstić information content (AvgIpc) is 3.13. The Morgan fingerprint density at radius 1 is 1.17 bits per heavy atom. The third-order valence-electron chi connectivity index (χ3n) is 6.20. The van der Waals surface area contributed by atoms with Gasteiger partial charge < -0.3 is 10.2 Å². The smallest absolute Gasteiger partial charge is 0.244 e. The van der Waals surface area contributed by atoms with Crippen LogP contribution >= 0.6 is 0 Å². The van der Waals surface area contributed by atoms with E-state index in [4.69, 9.17) is 4.99 Å². The van der Waals surface area contributed by atoms with Gasteiger partial charge in [-0.2, -0.15) is 0 Å². The molecule has 1 N–H and O–H groups in total. The molecule has 2 amide bonds. The van der Waals surface area contributed by atoms with Gasteiger partial charge in [-0.1, -0.05) is 26.0 Å². The Balaban J connectivity index is 1.60. The molecular weight excluding hydrogens is 374 g/mol. The summed E-state index contributed by atoms with van der Waals surface area (Å²) in [7, 11) is 0. The van der Waals surface area contributed by atoms with E-state index in [0.717, 1.165) is 53.2 Å². The summed E-state index contributed by atoms with van der Waals surface area (Å²) < 4.78 is 0. The van der Waals surface area contributed by atoms with E-state index >= 15 is 0 Å². The third-order valence-corrected chi connectivity index (χ3v) is 6.20. The van der Waals surface area contributed by atoms with E-state index in [1.807, 2.05) is 50.2 Å². The van der Waals surface area contributed by atoms with E-state index in [9.17, 15) is 9.59 Å². The van der Waals surface area contributed by atoms with Crippen LogP contribution in [-0.4, -0.2) is 24.1 Å². The molecule has 5 heteroatoms. The number of hydrogen-bond acceptors (Lipinski definition) is 3. The van der Waals surface area contributed by atoms with Gasteiger partial charge in [0.15, 0.2) is 0 Å². The second-order valence-corrected chi connectivity index (χ2v) is 8.72. The highest BCUT2D eigenvalue weighted by Gasteiger charge is 2.37. The summed E-state index contributed by atoms with van der Waals surface area (Å²) in [5.41, 5.74) is 6.67. The molecule has 1 fully saturated rings. The maximum atomic E-state index is 13.4. The number of carbonyl (C=O) groups is 2. The Labute approximate surface area is 178 Å². The molecule has 4 rings (SSSR count). The van der Waals surface area contributed by atoms with Crippen LogP contribution in [0.3, 0.4) is 0 Å². The molecule has 156 valence electrons. The number of fused-ring (bicyclic) bond motifs is 2. The van der Waals surface area contributed by atoms with Crippen LogP contribution in [0.4, 0.5) is 17.1 Å². The molecule has 0 radical (unpaired) electrons. The van der Waals surface area contributed by atoms with E-state index in [1.54, 1.807) is 4.90 Å². The zero-order valence-corrected chi connectivity index (χ0v) is 18.2. The highest BCUT2D eigenvalue weighted by atomic mass is 16.2. The van der Waals surface area contributed by atoms with Crippen molar-refractivity contribution >= 4 is 34.6 Å². The minimum absolute atomic E-state index is 0.0143. The summed E-state index contributed by atoms with van der Waals surface area (Å²) in [6.07, 6.45) is 2.63. The van der Waals surface area contributed by atoms with Crippen molar-refractivity contribution in [1.29, 1.82) is 0 Å². The molecule has 30 heavy (non-hydrogen) atoms. The SMILES string of the molecule is Cc1cc2c(cc1C)N(CC(=O)Nc1ccc(C(C)C)cc1)C(=O)C1CCCC1=N2. The van der Waals surface area contributed by atoms with Crippen LogP contribution in [-0.2, 0) is 9.59 Å². The Kier molecular flexibility index (Phi) is 5.46. The molecule has 1 aliphatic heterocycles. The largest absolute Gasteiger partial charge is 0.325 e. The molecule has 0 aromatic heterocycles. The number of nitrogens with one attached hydrogen (secondary N) is 1. The number of benzene rings is 2. The summed E-state index contributed by atoms with van der Waals surface area (Å²) in [4.78, 5) is 32.7. The van der Waals surface area contributed by atoms with E-state index in [0.29, 0.717) is 5.92 Å². The topological polar surface area (TPSA) is 61.8 Å². The van der Waals surface area contributed by atoms with Crippen molar-refractivity contribution in [1.82, 2.24) is 0 Å². The Bertz CT molecular complexity index is 1020. The predicted molar refractivity (Wildman–Crippen MR) is 122 cm³/mol. The summed E-state index contributed by atoms with van der Waals surface area (Å²) in [5.74, 6) is 0.00856. The van der Waals surface area contributed by atoms with E-state index in [-0.39, 0.29) is 24.3 Å². The summed E-state index contributed by atoms with van der Waals surface area (Å²) in [5, 5.41) is 2.94. The summed E-state index contributed by atoms with van der Waals surface area (Å²) in [6.45, 7) is 8.33. The number of rotatable bonds is 4. The lowest BCUT2D eigenvalue weighted by atomic mass is 10.0. The van der Waals surface area contributed by atoms with Crippen LogP contribution in [0.5, 0.6) is 0 Å². The zero-order chi connectivity index (χ0) is 21.4. The van der Waals surface area contributed by atoms with Gasteiger partial charge in [-0.25, -0.2) is 0 Å². The summed E-state index contributed by atoms with van der Waals surface area (Å²) in [6, 6.07) is 11.9.